The quantitative estimate of drug-likeness (QED) is 0.856. The van der Waals surface area contributed by atoms with Crippen LogP contribution in [-0.4, -0.2) is 17.5 Å². The lowest BCUT2D eigenvalue weighted by molar-refractivity contribution is -0.137. The molecule has 0 aliphatic rings. The molecule has 1 N–H and O–H groups in total. The van der Waals surface area contributed by atoms with Crippen molar-refractivity contribution in [2.75, 3.05) is 11.9 Å². The summed E-state index contributed by atoms with van der Waals surface area (Å²) in [4.78, 5) is 13.8. The smallest absolute Gasteiger partial charge is 0.319 e. The molecule has 25 heavy (non-hydrogen) atoms. The third-order valence-electron chi connectivity index (χ3n) is 3.44. The van der Waals surface area contributed by atoms with Crippen LogP contribution in [-0.2, 0) is 12.7 Å². The molecule has 0 saturated heterocycles. The number of rotatable bonds is 5. The Morgan fingerprint density at radius 2 is 1.84 bits per heavy atom. The zero-order valence-electron chi connectivity index (χ0n) is 13.3. The number of nitriles is 1. The molecule has 2 amide bonds. The van der Waals surface area contributed by atoms with E-state index in [1.54, 1.807) is 0 Å². The molecule has 0 bridgehead atoms. The van der Waals surface area contributed by atoms with Gasteiger partial charge >= 0.3 is 12.2 Å². The number of halogens is 3. The molecular formula is C18H16F3N3O. The molecule has 0 heterocycles. The van der Waals surface area contributed by atoms with Crippen molar-refractivity contribution in [3.63, 3.8) is 0 Å². The highest BCUT2D eigenvalue weighted by molar-refractivity contribution is 5.89. The second-order valence-corrected chi connectivity index (χ2v) is 5.32. The van der Waals surface area contributed by atoms with Gasteiger partial charge < -0.3 is 10.2 Å². The number of carbonyl (C=O) groups is 1. The fraction of sp³-hybridized carbons (Fsp3) is 0.222. The van der Waals surface area contributed by atoms with Crippen molar-refractivity contribution < 1.29 is 18.0 Å². The third-order valence-corrected chi connectivity index (χ3v) is 3.44. The predicted molar refractivity (Wildman–Crippen MR) is 87.5 cm³/mol. The van der Waals surface area contributed by atoms with Crippen LogP contribution in [0.15, 0.2) is 54.6 Å². The maximum absolute atomic E-state index is 12.8. The van der Waals surface area contributed by atoms with Crippen molar-refractivity contribution >= 4 is 11.7 Å². The Morgan fingerprint density at radius 3 is 2.48 bits per heavy atom. The van der Waals surface area contributed by atoms with Gasteiger partial charge in [-0.25, -0.2) is 4.79 Å². The zero-order valence-corrected chi connectivity index (χ0v) is 13.3. The standard InChI is InChI=1S/C18H16F3N3O/c19-18(20,21)15-8-4-9-16(12-15)23-17(25)24(11-5-10-22)13-14-6-2-1-3-7-14/h1-4,6-9,12H,5,11,13H2,(H,23,25). The first kappa shape index (κ1) is 18.3. The van der Waals surface area contributed by atoms with E-state index in [9.17, 15) is 18.0 Å². The van der Waals surface area contributed by atoms with E-state index in [1.807, 2.05) is 36.4 Å². The van der Waals surface area contributed by atoms with Crippen LogP contribution in [0.3, 0.4) is 0 Å². The van der Waals surface area contributed by atoms with E-state index in [-0.39, 0.29) is 25.2 Å². The van der Waals surface area contributed by atoms with E-state index in [2.05, 4.69) is 5.32 Å². The number of nitrogens with one attached hydrogen (secondary N) is 1. The van der Waals surface area contributed by atoms with E-state index in [0.717, 1.165) is 17.7 Å². The summed E-state index contributed by atoms with van der Waals surface area (Å²) in [7, 11) is 0. The molecule has 0 fully saturated rings. The van der Waals surface area contributed by atoms with Crippen molar-refractivity contribution in [3.05, 3.63) is 65.7 Å². The second-order valence-electron chi connectivity index (χ2n) is 5.32. The molecule has 7 heteroatoms. The number of urea groups is 1. The summed E-state index contributed by atoms with van der Waals surface area (Å²) < 4.78 is 38.3. The molecule has 0 atom stereocenters. The Hall–Kier alpha value is -3.01. The number of carbonyl (C=O) groups excluding carboxylic acids is 1. The Morgan fingerprint density at radius 1 is 1.12 bits per heavy atom. The van der Waals surface area contributed by atoms with Gasteiger partial charge in [-0.2, -0.15) is 18.4 Å². The van der Waals surface area contributed by atoms with E-state index in [4.69, 9.17) is 5.26 Å². The monoisotopic (exact) mass is 347 g/mol. The lowest BCUT2D eigenvalue weighted by Crippen LogP contribution is -2.35. The molecule has 2 aromatic rings. The van der Waals surface area contributed by atoms with Crippen LogP contribution >= 0.6 is 0 Å². The summed E-state index contributed by atoms with van der Waals surface area (Å²) in [5.74, 6) is 0. The first-order valence-electron chi connectivity index (χ1n) is 7.54. The molecule has 0 aliphatic heterocycles. The summed E-state index contributed by atoms with van der Waals surface area (Å²) in [6.45, 7) is 0.434. The van der Waals surface area contributed by atoms with Gasteiger partial charge in [-0.15, -0.1) is 0 Å². The number of hydrogen-bond acceptors (Lipinski definition) is 2. The largest absolute Gasteiger partial charge is 0.416 e. The van der Waals surface area contributed by atoms with Gasteiger partial charge in [0, 0.05) is 18.8 Å². The van der Waals surface area contributed by atoms with Crippen molar-refractivity contribution in [1.29, 1.82) is 5.26 Å². The van der Waals surface area contributed by atoms with Crippen LogP contribution in [0.5, 0.6) is 0 Å². The Bertz CT molecular complexity index is 754. The fourth-order valence-electron chi connectivity index (χ4n) is 2.22. The van der Waals surface area contributed by atoms with Crippen LogP contribution in [0.25, 0.3) is 0 Å². The van der Waals surface area contributed by atoms with Crippen LogP contribution in [0.4, 0.5) is 23.7 Å². The highest BCUT2D eigenvalue weighted by Gasteiger charge is 2.30. The molecule has 2 aromatic carbocycles. The fourth-order valence-corrected chi connectivity index (χ4v) is 2.22. The van der Waals surface area contributed by atoms with Crippen molar-refractivity contribution in [3.8, 4) is 6.07 Å². The van der Waals surface area contributed by atoms with Crippen molar-refractivity contribution in [2.45, 2.75) is 19.1 Å². The molecule has 130 valence electrons. The number of amides is 2. The van der Waals surface area contributed by atoms with Gasteiger partial charge in [0.25, 0.3) is 0 Å². The lowest BCUT2D eigenvalue weighted by atomic mass is 10.2. The normalized spacial score (nSPS) is 10.8. The highest BCUT2D eigenvalue weighted by Crippen LogP contribution is 2.30. The third kappa shape index (κ3) is 5.53. The summed E-state index contributed by atoms with van der Waals surface area (Å²) in [6.07, 6.45) is -4.35. The summed E-state index contributed by atoms with van der Waals surface area (Å²) >= 11 is 0. The Labute approximate surface area is 143 Å². The molecule has 0 aromatic heterocycles. The Balaban J connectivity index is 2.12. The Kier molecular flexibility index (Phi) is 6.01. The summed E-state index contributed by atoms with van der Waals surface area (Å²) in [5.41, 5.74) is 0.0754. The zero-order chi connectivity index (χ0) is 18.3. The molecule has 2 rings (SSSR count). The van der Waals surface area contributed by atoms with E-state index in [1.165, 1.54) is 17.0 Å². The van der Waals surface area contributed by atoms with Gasteiger partial charge in [-0.1, -0.05) is 36.4 Å². The minimum Gasteiger partial charge on any atom is -0.319 e. The molecule has 0 spiro atoms. The van der Waals surface area contributed by atoms with Gasteiger partial charge in [-0.3, -0.25) is 0 Å². The number of nitrogens with zero attached hydrogens (tertiary/aromatic N) is 2. The van der Waals surface area contributed by atoms with E-state index in [0.29, 0.717) is 0 Å². The van der Waals surface area contributed by atoms with Gasteiger partial charge in [0.1, 0.15) is 0 Å². The van der Waals surface area contributed by atoms with Crippen molar-refractivity contribution in [2.24, 2.45) is 0 Å². The molecule has 0 aliphatic carbocycles. The van der Waals surface area contributed by atoms with Gasteiger partial charge in [0.2, 0.25) is 0 Å². The van der Waals surface area contributed by atoms with Crippen LogP contribution in [0.2, 0.25) is 0 Å². The molecular weight excluding hydrogens is 331 g/mol. The maximum Gasteiger partial charge on any atom is 0.416 e. The minimum absolute atomic E-state index is 0.0508. The van der Waals surface area contributed by atoms with Gasteiger partial charge in [0.15, 0.2) is 0 Å². The maximum atomic E-state index is 12.8. The average Bonchev–Trinajstić information content (AvgIpc) is 2.59. The van der Waals surface area contributed by atoms with Crippen LogP contribution in [0, 0.1) is 11.3 Å². The first-order chi connectivity index (χ1) is 11.9. The lowest BCUT2D eigenvalue weighted by Gasteiger charge is -2.22. The number of benzene rings is 2. The van der Waals surface area contributed by atoms with E-state index >= 15 is 0 Å². The first-order valence-corrected chi connectivity index (χ1v) is 7.54. The SMILES string of the molecule is N#CCCN(Cc1ccccc1)C(=O)Nc1cccc(C(F)(F)F)c1. The van der Waals surface area contributed by atoms with E-state index < -0.39 is 17.8 Å². The predicted octanol–water partition coefficient (Wildman–Crippen LogP) is 4.65. The molecule has 0 unspecified atom stereocenters. The molecule has 0 saturated carbocycles. The second kappa shape index (κ2) is 8.20. The van der Waals surface area contributed by atoms with Crippen molar-refractivity contribution in [1.82, 2.24) is 4.90 Å². The topological polar surface area (TPSA) is 56.1 Å². The van der Waals surface area contributed by atoms with Crippen LogP contribution < -0.4 is 5.32 Å². The van der Waals surface area contributed by atoms with Gasteiger partial charge in [-0.05, 0) is 23.8 Å². The van der Waals surface area contributed by atoms with Crippen LogP contribution in [0.1, 0.15) is 17.5 Å². The number of anilines is 1. The molecule has 4 nitrogen and oxygen atoms in total. The highest BCUT2D eigenvalue weighted by atomic mass is 19.4. The minimum atomic E-state index is -4.48. The van der Waals surface area contributed by atoms with Gasteiger partial charge in [0.05, 0.1) is 18.1 Å². The summed E-state index contributed by atoms with van der Waals surface area (Å²) in [6, 6.07) is 15.0. The number of hydrogen-bond donors (Lipinski definition) is 1. The average molecular weight is 347 g/mol. The molecule has 0 radical (unpaired) electrons. The number of alkyl halides is 3. The summed E-state index contributed by atoms with van der Waals surface area (Å²) in [5, 5.41) is 11.2.